The number of hydrogen-bond acceptors (Lipinski definition) is 5. The maximum Gasteiger partial charge on any atom is 0.251 e. The van der Waals surface area contributed by atoms with Crippen LogP contribution in [-0.4, -0.2) is 49.0 Å². The Morgan fingerprint density at radius 1 is 0.882 bits per heavy atom. The van der Waals surface area contributed by atoms with Crippen molar-refractivity contribution < 1.29 is 23.9 Å². The Labute approximate surface area is 196 Å². The maximum absolute atomic E-state index is 12.7. The first kappa shape index (κ1) is 21.8. The van der Waals surface area contributed by atoms with Crippen LogP contribution >= 0.6 is 0 Å². The van der Waals surface area contributed by atoms with Gasteiger partial charge in [0.25, 0.3) is 5.91 Å². The summed E-state index contributed by atoms with van der Waals surface area (Å²) in [5.74, 6) is 0.597. The molecule has 0 atom stereocenters. The van der Waals surface area contributed by atoms with E-state index in [0.29, 0.717) is 48.7 Å². The van der Waals surface area contributed by atoms with Crippen molar-refractivity contribution in [3.8, 4) is 11.5 Å². The summed E-state index contributed by atoms with van der Waals surface area (Å²) in [4.78, 5) is 39.5. The van der Waals surface area contributed by atoms with E-state index in [-0.39, 0.29) is 37.0 Å². The zero-order chi connectivity index (χ0) is 23.5. The van der Waals surface area contributed by atoms with Crippen molar-refractivity contribution in [2.45, 2.75) is 12.8 Å². The highest BCUT2D eigenvalue weighted by Crippen LogP contribution is 2.34. The highest BCUT2D eigenvalue weighted by atomic mass is 16.7. The molecule has 3 amide bonds. The molecular weight excluding hydrogens is 434 g/mol. The molecule has 34 heavy (non-hydrogen) atoms. The molecular formula is C26H25N3O5. The zero-order valence-electron chi connectivity index (χ0n) is 18.6. The fraction of sp³-hybridized carbons (Fsp3) is 0.269. The second-order valence-corrected chi connectivity index (χ2v) is 8.46. The van der Waals surface area contributed by atoms with Gasteiger partial charge in [-0.1, -0.05) is 30.3 Å². The highest BCUT2D eigenvalue weighted by molar-refractivity contribution is 6.00. The average Bonchev–Trinajstić information content (AvgIpc) is 3.35. The van der Waals surface area contributed by atoms with Crippen LogP contribution in [0.4, 0.5) is 5.69 Å². The Balaban J connectivity index is 1.09. The predicted molar refractivity (Wildman–Crippen MR) is 127 cm³/mol. The highest BCUT2D eigenvalue weighted by Gasteiger charge is 2.28. The molecule has 8 heteroatoms. The Morgan fingerprint density at radius 3 is 2.47 bits per heavy atom. The van der Waals surface area contributed by atoms with Gasteiger partial charge in [0.2, 0.25) is 18.6 Å². The number of anilines is 1. The Bertz CT molecular complexity index is 1250. The van der Waals surface area contributed by atoms with Crippen LogP contribution in [0.5, 0.6) is 11.5 Å². The summed E-state index contributed by atoms with van der Waals surface area (Å²) >= 11 is 0. The van der Waals surface area contributed by atoms with Crippen LogP contribution in [-0.2, 0) is 9.59 Å². The summed E-state index contributed by atoms with van der Waals surface area (Å²) in [7, 11) is 0. The van der Waals surface area contributed by atoms with Crippen molar-refractivity contribution in [3.05, 3.63) is 66.2 Å². The number of carbonyl (C=O) groups excluding carboxylic acids is 3. The van der Waals surface area contributed by atoms with E-state index < -0.39 is 0 Å². The first-order valence-corrected chi connectivity index (χ1v) is 11.3. The minimum atomic E-state index is -0.280. The lowest BCUT2D eigenvalue weighted by molar-refractivity contribution is -0.133. The number of ether oxygens (including phenoxy) is 2. The number of nitrogens with one attached hydrogen (secondary N) is 2. The van der Waals surface area contributed by atoms with Gasteiger partial charge >= 0.3 is 0 Å². The fourth-order valence-electron chi connectivity index (χ4n) is 4.31. The molecule has 5 rings (SSSR count). The summed E-state index contributed by atoms with van der Waals surface area (Å²) in [5.41, 5.74) is 1.18. The molecule has 2 aliphatic heterocycles. The van der Waals surface area contributed by atoms with Gasteiger partial charge in [0.15, 0.2) is 11.5 Å². The number of piperidine rings is 1. The maximum atomic E-state index is 12.7. The third-order valence-corrected chi connectivity index (χ3v) is 6.27. The molecule has 0 bridgehead atoms. The number of amides is 3. The van der Waals surface area contributed by atoms with Gasteiger partial charge in [-0.05, 0) is 47.9 Å². The molecule has 8 nitrogen and oxygen atoms in total. The molecule has 0 spiro atoms. The second kappa shape index (κ2) is 9.43. The van der Waals surface area contributed by atoms with E-state index in [1.54, 1.807) is 29.2 Å². The Morgan fingerprint density at radius 2 is 1.65 bits per heavy atom. The first-order chi connectivity index (χ1) is 16.6. The number of hydrogen-bond donors (Lipinski definition) is 2. The Hall–Kier alpha value is -4.07. The van der Waals surface area contributed by atoms with E-state index in [9.17, 15) is 14.4 Å². The van der Waals surface area contributed by atoms with Crippen molar-refractivity contribution >= 4 is 34.2 Å². The molecule has 0 radical (unpaired) electrons. The molecule has 3 aromatic carbocycles. The van der Waals surface area contributed by atoms with Gasteiger partial charge in [0, 0.05) is 36.3 Å². The normalized spacial score (nSPS) is 15.2. The van der Waals surface area contributed by atoms with E-state index in [1.807, 2.05) is 36.4 Å². The van der Waals surface area contributed by atoms with Crippen molar-refractivity contribution in [1.29, 1.82) is 0 Å². The van der Waals surface area contributed by atoms with Crippen LogP contribution in [0.25, 0.3) is 10.8 Å². The minimum absolute atomic E-state index is 0.0697. The molecule has 174 valence electrons. The van der Waals surface area contributed by atoms with Gasteiger partial charge in [-0.3, -0.25) is 14.4 Å². The van der Waals surface area contributed by atoms with Crippen molar-refractivity contribution in [2.24, 2.45) is 5.92 Å². The minimum Gasteiger partial charge on any atom is -0.454 e. The lowest BCUT2D eigenvalue weighted by Gasteiger charge is -2.31. The van der Waals surface area contributed by atoms with Gasteiger partial charge in [-0.15, -0.1) is 0 Å². The lowest BCUT2D eigenvalue weighted by Crippen LogP contribution is -2.45. The van der Waals surface area contributed by atoms with Crippen molar-refractivity contribution in [1.82, 2.24) is 10.2 Å². The van der Waals surface area contributed by atoms with Gasteiger partial charge in [0.1, 0.15) is 0 Å². The van der Waals surface area contributed by atoms with E-state index in [4.69, 9.17) is 9.47 Å². The third kappa shape index (κ3) is 4.66. The molecule has 2 heterocycles. The first-order valence-electron chi connectivity index (χ1n) is 11.3. The summed E-state index contributed by atoms with van der Waals surface area (Å²) in [6.07, 6.45) is 1.14. The average molecular weight is 460 g/mol. The van der Waals surface area contributed by atoms with Gasteiger partial charge < -0.3 is 25.0 Å². The summed E-state index contributed by atoms with van der Waals surface area (Å²) in [6, 6.07) is 18.6. The quantitative estimate of drug-likeness (QED) is 0.611. The van der Waals surface area contributed by atoms with Crippen LogP contribution in [0.2, 0.25) is 0 Å². The molecule has 0 unspecified atom stereocenters. The lowest BCUT2D eigenvalue weighted by atomic mass is 9.95. The standard InChI is InChI=1S/C26H25N3O5/c30-24(15-27-25(31)20-6-5-17-3-1-2-4-19(17)13-20)29-11-9-18(10-12-29)26(32)28-21-7-8-22-23(14-21)34-16-33-22/h1-8,13-14,18H,9-12,15-16H2,(H,27,31)(H,28,32). The molecule has 0 saturated carbocycles. The van der Waals surface area contributed by atoms with Gasteiger partial charge in [-0.2, -0.15) is 0 Å². The zero-order valence-corrected chi connectivity index (χ0v) is 18.6. The summed E-state index contributed by atoms with van der Waals surface area (Å²) in [6.45, 7) is 1.06. The summed E-state index contributed by atoms with van der Waals surface area (Å²) in [5, 5.41) is 7.67. The van der Waals surface area contributed by atoms with Crippen LogP contribution in [0.15, 0.2) is 60.7 Å². The van der Waals surface area contributed by atoms with Crippen LogP contribution in [0.3, 0.4) is 0 Å². The summed E-state index contributed by atoms with van der Waals surface area (Å²) < 4.78 is 10.6. The van der Waals surface area contributed by atoms with E-state index in [2.05, 4.69) is 10.6 Å². The molecule has 0 aliphatic carbocycles. The van der Waals surface area contributed by atoms with Crippen molar-refractivity contribution in [3.63, 3.8) is 0 Å². The number of fused-ring (bicyclic) bond motifs is 2. The molecule has 2 N–H and O–H groups in total. The fourth-order valence-corrected chi connectivity index (χ4v) is 4.31. The van der Waals surface area contributed by atoms with Crippen molar-refractivity contribution in [2.75, 3.05) is 31.7 Å². The molecule has 0 aromatic heterocycles. The monoisotopic (exact) mass is 459 g/mol. The molecule has 3 aromatic rings. The molecule has 2 aliphatic rings. The smallest absolute Gasteiger partial charge is 0.251 e. The number of rotatable bonds is 5. The van der Waals surface area contributed by atoms with E-state index >= 15 is 0 Å². The topological polar surface area (TPSA) is 97.0 Å². The van der Waals surface area contributed by atoms with Gasteiger partial charge in [-0.25, -0.2) is 0 Å². The van der Waals surface area contributed by atoms with Crippen LogP contribution in [0, 0.1) is 5.92 Å². The number of benzene rings is 3. The Kier molecular flexibility index (Phi) is 6.03. The molecule has 1 saturated heterocycles. The van der Waals surface area contributed by atoms with E-state index in [0.717, 1.165) is 10.8 Å². The number of likely N-dealkylation sites (tertiary alicyclic amines) is 1. The predicted octanol–water partition coefficient (Wildman–Crippen LogP) is 3.18. The van der Waals surface area contributed by atoms with Crippen LogP contribution in [0.1, 0.15) is 23.2 Å². The second-order valence-electron chi connectivity index (χ2n) is 8.46. The van der Waals surface area contributed by atoms with E-state index in [1.165, 1.54) is 0 Å². The number of carbonyl (C=O) groups is 3. The van der Waals surface area contributed by atoms with Crippen LogP contribution < -0.4 is 20.1 Å². The van der Waals surface area contributed by atoms with Gasteiger partial charge in [0.05, 0.1) is 6.54 Å². The SMILES string of the molecule is O=C(NCC(=O)N1CCC(C(=O)Nc2ccc3c(c2)OCO3)CC1)c1ccc2ccccc2c1. The third-order valence-electron chi connectivity index (χ3n) is 6.27. The molecule has 1 fully saturated rings. The number of nitrogens with zero attached hydrogens (tertiary/aromatic N) is 1. The largest absolute Gasteiger partial charge is 0.454 e.